The molecule has 1 radical (unpaired) electrons. The fraction of sp³-hybridized carbons (Fsp3) is 0.500. The summed E-state index contributed by atoms with van der Waals surface area (Å²) >= 11 is 0. The molecule has 0 aromatic rings. The second-order valence-corrected chi connectivity index (χ2v) is 2.63. The molecule has 1 aliphatic rings. The molecule has 1 aliphatic carbocycles. The van der Waals surface area contributed by atoms with Gasteiger partial charge in [0.2, 0.25) is 0 Å². The Morgan fingerprint density at radius 2 is 1.78 bits per heavy atom. The van der Waals surface area contributed by atoms with Gasteiger partial charge in [-0.1, -0.05) is 22.8 Å². The monoisotopic (exact) mass is 131 g/mol. The van der Waals surface area contributed by atoms with Gasteiger partial charge in [0.1, 0.15) is 0 Å². The summed E-state index contributed by atoms with van der Waals surface area (Å²) in [4.78, 5) is 0. The Balaban J connectivity index is 0.000000640. The first kappa shape index (κ1) is 9.48. The molecular formula is C8H12Na. The summed E-state index contributed by atoms with van der Waals surface area (Å²) in [5.41, 5.74) is 4.49. The molecule has 0 amide bonds. The molecule has 9 heavy (non-hydrogen) atoms. The van der Waals surface area contributed by atoms with E-state index in [-0.39, 0.29) is 29.6 Å². The fourth-order valence-corrected chi connectivity index (χ4v) is 1.10. The minimum Gasteiger partial charge on any atom is -0.0690 e. The molecule has 0 aromatic heterocycles. The van der Waals surface area contributed by atoms with Crippen molar-refractivity contribution in [3.05, 3.63) is 22.8 Å². The number of allylic oxidation sites excluding steroid dienone is 4. The normalized spacial score (nSPS) is 17.4. The van der Waals surface area contributed by atoms with Gasteiger partial charge in [-0.3, -0.25) is 0 Å². The van der Waals surface area contributed by atoms with Crippen molar-refractivity contribution in [2.45, 2.75) is 27.2 Å². The number of rotatable bonds is 0. The van der Waals surface area contributed by atoms with Gasteiger partial charge in [-0.2, -0.15) is 0 Å². The molecular weight excluding hydrogens is 119 g/mol. The summed E-state index contributed by atoms with van der Waals surface area (Å²) in [5.74, 6) is 0. The van der Waals surface area contributed by atoms with Crippen molar-refractivity contribution in [2.24, 2.45) is 0 Å². The van der Waals surface area contributed by atoms with Crippen molar-refractivity contribution in [3.8, 4) is 0 Å². The topological polar surface area (TPSA) is 0 Å². The third kappa shape index (κ3) is 2.29. The second kappa shape index (κ2) is 3.60. The van der Waals surface area contributed by atoms with Crippen LogP contribution in [0.2, 0.25) is 0 Å². The predicted molar refractivity (Wildman–Crippen MR) is 42.5 cm³/mol. The van der Waals surface area contributed by atoms with Crippen LogP contribution in [0.4, 0.5) is 0 Å². The van der Waals surface area contributed by atoms with E-state index in [1.165, 1.54) is 23.1 Å². The van der Waals surface area contributed by atoms with Gasteiger partial charge in [0.05, 0.1) is 0 Å². The predicted octanol–water partition coefficient (Wildman–Crippen LogP) is 2.29. The van der Waals surface area contributed by atoms with E-state index in [0.29, 0.717) is 0 Å². The Morgan fingerprint density at radius 3 is 1.89 bits per heavy atom. The Morgan fingerprint density at radius 1 is 1.22 bits per heavy atom. The van der Waals surface area contributed by atoms with Gasteiger partial charge in [-0.25, -0.2) is 0 Å². The summed E-state index contributed by atoms with van der Waals surface area (Å²) in [6.07, 6.45) is 3.46. The Labute approximate surface area is 79.3 Å². The van der Waals surface area contributed by atoms with Gasteiger partial charge in [-0.15, -0.1) is 0 Å². The Bertz CT molecular complexity index is 163. The van der Waals surface area contributed by atoms with Gasteiger partial charge in [0.25, 0.3) is 0 Å². The van der Waals surface area contributed by atoms with E-state index in [9.17, 15) is 0 Å². The Kier molecular flexibility index (Phi) is 3.79. The van der Waals surface area contributed by atoms with E-state index in [2.05, 4.69) is 26.8 Å². The average Bonchev–Trinajstić information content (AvgIpc) is 1.85. The minimum atomic E-state index is 0. The fourth-order valence-electron chi connectivity index (χ4n) is 1.10. The molecule has 1 rings (SSSR count). The van der Waals surface area contributed by atoms with E-state index < -0.39 is 0 Å². The maximum absolute atomic E-state index is 2.26. The molecule has 0 N–H and O–H groups in total. The van der Waals surface area contributed by atoms with Crippen LogP contribution >= 0.6 is 0 Å². The van der Waals surface area contributed by atoms with Crippen LogP contribution in [0, 0.1) is 0 Å². The van der Waals surface area contributed by atoms with Crippen molar-refractivity contribution in [3.63, 3.8) is 0 Å². The third-order valence-corrected chi connectivity index (χ3v) is 1.68. The van der Waals surface area contributed by atoms with Crippen molar-refractivity contribution < 1.29 is 0 Å². The number of hydrogen-bond acceptors (Lipinski definition) is 0. The van der Waals surface area contributed by atoms with Gasteiger partial charge in [0.15, 0.2) is 0 Å². The molecule has 0 heterocycles. The van der Waals surface area contributed by atoms with Crippen LogP contribution in [0.15, 0.2) is 22.8 Å². The van der Waals surface area contributed by atoms with Crippen LogP contribution in [0.25, 0.3) is 0 Å². The van der Waals surface area contributed by atoms with Crippen molar-refractivity contribution in [1.82, 2.24) is 0 Å². The molecule has 45 valence electrons. The first-order valence-corrected chi connectivity index (χ1v) is 3.03. The van der Waals surface area contributed by atoms with E-state index in [1.54, 1.807) is 0 Å². The first-order chi connectivity index (χ1) is 3.70. The standard InChI is InChI=1S/C8H12.Na/c1-6-4-7(2)8(3)5-6;/h4H,5H2,1-3H3;. The van der Waals surface area contributed by atoms with Crippen molar-refractivity contribution in [1.29, 1.82) is 0 Å². The molecule has 0 nitrogen and oxygen atoms in total. The molecule has 0 bridgehead atoms. The molecule has 0 aromatic carbocycles. The molecule has 1 heteroatoms. The van der Waals surface area contributed by atoms with E-state index in [1.807, 2.05) is 0 Å². The SMILES string of the molecule is CC1=CC(C)=C(C)C1.[Na]. The zero-order valence-electron chi connectivity index (χ0n) is 6.78. The van der Waals surface area contributed by atoms with E-state index >= 15 is 0 Å². The minimum absolute atomic E-state index is 0. The van der Waals surface area contributed by atoms with Crippen LogP contribution in [0.1, 0.15) is 27.2 Å². The van der Waals surface area contributed by atoms with Crippen molar-refractivity contribution in [2.75, 3.05) is 0 Å². The molecule has 0 unspecified atom stereocenters. The molecule has 0 saturated heterocycles. The zero-order valence-corrected chi connectivity index (χ0v) is 8.78. The van der Waals surface area contributed by atoms with E-state index in [4.69, 9.17) is 0 Å². The van der Waals surface area contributed by atoms with Crippen LogP contribution in [0.3, 0.4) is 0 Å². The largest absolute Gasteiger partial charge is 0.0690 e. The zero-order chi connectivity index (χ0) is 6.15. The summed E-state index contributed by atoms with van der Waals surface area (Å²) in [7, 11) is 0. The quantitative estimate of drug-likeness (QED) is 0.442. The van der Waals surface area contributed by atoms with Gasteiger partial charge < -0.3 is 0 Å². The van der Waals surface area contributed by atoms with Crippen LogP contribution in [0.5, 0.6) is 0 Å². The maximum atomic E-state index is 2.26. The molecule has 0 aliphatic heterocycles. The van der Waals surface area contributed by atoms with Crippen LogP contribution < -0.4 is 0 Å². The summed E-state index contributed by atoms with van der Waals surface area (Å²) in [6.45, 7) is 6.55. The third-order valence-electron chi connectivity index (χ3n) is 1.68. The van der Waals surface area contributed by atoms with Crippen molar-refractivity contribution >= 4 is 29.6 Å². The second-order valence-electron chi connectivity index (χ2n) is 2.63. The van der Waals surface area contributed by atoms with Crippen LogP contribution in [-0.2, 0) is 0 Å². The molecule has 0 fully saturated rings. The van der Waals surface area contributed by atoms with Gasteiger partial charge >= 0.3 is 0 Å². The molecule has 0 spiro atoms. The molecule has 0 saturated carbocycles. The van der Waals surface area contributed by atoms with Gasteiger partial charge in [0, 0.05) is 29.6 Å². The summed E-state index contributed by atoms with van der Waals surface area (Å²) in [5, 5.41) is 0. The van der Waals surface area contributed by atoms with E-state index in [0.717, 1.165) is 0 Å². The number of hydrogen-bond donors (Lipinski definition) is 0. The first-order valence-electron chi connectivity index (χ1n) is 3.03. The smallest absolute Gasteiger partial charge is 0 e. The maximum Gasteiger partial charge on any atom is 0 e. The summed E-state index contributed by atoms with van der Waals surface area (Å²) in [6, 6.07) is 0. The Hall–Kier alpha value is 0.480. The summed E-state index contributed by atoms with van der Waals surface area (Å²) < 4.78 is 0. The average molecular weight is 131 g/mol. The van der Waals surface area contributed by atoms with Crippen LogP contribution in [-0.4, -0.2) is 29.6 Å². The van der Waals surface area contributed by atoms with Gasteiger partial charge in [-0.05, 0) is 27.2 Å². The molecule has 0 atom stereocenters.